The molecule has 3 aliphatic rings. The molecule has 2 amide bonds. The summed E-state index contributed by atoms with van der Waals surface area (Å²) in [4.78, 5) is 39.2. The van der Waals surface area contributed by atoms with Crippen molar-refractivity contribution in [2.24, 2.45) is 23.7 Å². The van der Waals surface area contributed by atoms with E-state index in [1.165, 1.54) is 4.90 Å². The Bertz CT molecular complexity index is 909. The highest BCUT2D eigenvalue weighted by Crippen LogP contribution is 2.56. The van der Waals surface area contributed by atoms with Gasteiger partial charge in [-0.15, -0.1) is 0 Å². The van der Waals surface area contributed by atoms with Crippen LogP contribution in [0.4, 0.5) is 5.69 Å². The van der Waals surface area contributed by atoms with Crippen molar-refractivity contribution in [3.8, 4) is 5.75 Å². The molecule has 0 radical (unpaired) electrons. The summed E-state index contributed by atoms with van der Waals surface area (Å²) < 4.78 is 5.38. The van der Waals surface area contributed by atoms with Gasteiger partial charge in [0.25, 0.3) is 0 Å². The van der Waals surface area contributed by atoms with Crippen LogP contribution in [0.3, 0.4) is 0 Å². The Morgan fingerprint density at radius 1 is 0.893 bits per heavy atom. The van der Waals surface area contributed by atoms with Crippen LogP contribution in [0.2, 0.25) is 0 Å². The number of carbonyl (C=O) groups excluding carboxylic acids is 3. The van der Waals surface area contributed by atoms with Crippen LogP contribution in [-0.2, 0) is 20.8 Å². The van der Waals surface area contributed by atoms with Crippen molar-refractivity contribution >= 4 is 23.5 Å². The highest BCUT2D eigenvalue weighted by Gasteiger charge is 2.61. The fourth-order valence-corrected chi connectivity index (χ4v) is 5.26. The number of hydrogen-bond acceptors (Lipinski definition) is 4. The average Bonchev–Trinajstić information content (AvgIpc) is 3.37. The number of fused-ring (bicyclic) bond motifs is 5. The van der Waals surface area contributed by atoms with E-state index in [1.807, 2.05) is 30.3 Å². The SMILES string of the molecule is O=C(Cc1ccccc1)Oc1ccc(N2C(=O)[C@@H]3[C@H]4CC[C@@H](C4)[C@@H]3C2=O)cc1. The quantitative estimate of drug-likeness (QED) is 0.467. The largest absolute Gasteiger partial charge is 0.426 e. The van der Waals surface area contributed by atoms with Crippen LogP contribution in [0.25, 0.3) is 0 Å². The van der Waals surface area contributed by atoms with Crippen molar-refractivity contribution in [3.63, 3.8) is 0 Å². The lowest BCUT2D eigenvalue weighted by atomic mass is 9.81. The van der Waals surface area contributed by atoms with Crippen LogP contribution in [0.5, 0.6) is 5.75 Å². The fraction of sp³-hybridized carbons (Fsp3) is 0.348. The molecule has 3 fully saturated rings. The van der Waals surface area contributed by atoms with Crippen LogP contribution in [0.1, 0.15) is 24.8 Å². The Labute approximate surface area is 163 Å². The van der Waals surface area contributed by atoms with Crippen molar-refractivity contribution < 1.29 is 19.1 Å². The molecule has 2 bridgehead atoms. The minimum Gasteiger partial charge on any atom is -0.426 e. The number of anilines is 1. The number of esters is 1. The Balaban J connectivity index is 1.28. The predicted molar refractivity (Wildman–Crippen MR) is 103 cm³/mol. The normalized spacial score (nSPS) is 27.9. The van der Waals surface area contributed by atoms with E-state index in [-0.39, 0.29) is 36.0 Å². The highest BCUT2D eigenvalue weighted by atomic mass is 16.5. The van der Waals surface area contributed by atoms with Gasteiger partial charge >= 0.3 is 5.97 Å². The molecule has 1 saturated heterocycles. The number of rotatable bonds is 4. The van der Waals surface area contributed by atoms with E-state index < -0.39 is 0 Å². The van der Waals surface area contributed by atoms with Gasteiger partial charge in [-0.2, -0.15) is 0 Å². The summed E-state index contributed by atoms with van der Waals surface area (Å²) >= 11 is 0. The Morgan fingerprint density at radius 3 is 2.11 bits per heavy atom. The van der Waals surface area contributed by atoms with Gasteiger partial charge in [-0.05, 0) is 60.9 Å². The van der Waals surface area contributed by atoms with Crippen LogP contribution in [-0.4, -0.2) is 17.8 Å². The minimum absolute atomic E-state index is 0.0592. The molecular formula is C23H21NO4. The van der Waals surface area contributed by atoms with Gasteiger partial charge in [0, 0.05) is 0 Å². The molecule has 0 unspecified atom stereocenters. The molecule has 0 aromatic heterocycles. The fourth-order valence-electron chi connectivity index (χ4n) is 5.26. The van der Waals surface area contributed by atoms with Gasteiger partial charge in [-0.3, -0.25) is 19.3 Å². The monoisotopic (exact) mass is 375 g/mol. The number of nitrogens with zero attached hydrogens (tertiary/aromatic N) is 1. The molecule has 5 rings (SSSR count). The second-order valence-electron chi connectivity index (χ2n) is 8.03. The van der Waals surface area contributed by atoms with E-state index in [1.54, 1.807) is 24.3 Å². The average molecular weight is 375 g/mol. The first-order valence-corrected chi connectivity index (χ1v) is 9.84. The second-order valence-corrected chi connectivity index (χ2v) is 8.03. The molecule has 142 valence electrons. The molecule has 2 aromatic rings. The third-order valence-corrected chi connectivity index (χ3v) is 6.45. The number of amides is 2. The number of imide groups is 1. The van der Waals surface area contributed by atoms with Crippen molar-refractivity contribution in [3.05, 3.63) is 60.2 Å². The molecule has 28 heavy (non-hydrogen) atoms. The molecular weight excluding hydrogens is 354 g/mol. The van der Waals surface area contributed by atoms with Gasteiger partial charge < -0.3 is 4.74 Å². The molecule has 2 aliphatic carbocycles. The van der Waals surface area contributed by atoms with Gasteiger partial charge in [0.1, 0.15) is 5.75 Å². The third-order valence-electron chi connectivity index (χ3n) is 6.45. The van der Waals surface area contributed by atoms with Crippen LogP contribution < -0.4 is 9.64 Å². The van der Waals surface area contributed by atoms with E-state index in [9.17, 15) is 14.4 Å². The lowest BCUT2D eigenvalue weighted by molar-refractivity contribution is -0.133. The lowest BCUT2D eigenvalue weighted by Gasteiger charge is -2.19. The van der Waals surface area contributed by atoms with Gasteiger partial charge in [-0.1, -0.05) is 30.3 Å². The van der Waals surface area contributed by atoms with E-state index in [2.05, 4.69) is 0 Å². The number of hydrogen-bond donors (Lipinski definition) is 0. The molecule has 2 saturated carbocycles. The van der Waals surface area contributed by atoms with Gasteiger partial charge in [-0.25, -0.2) is 0 Å². The maximum atomic E-state index is 12.9. The summed E-state index contributed by atoms with van der Waals surface area (Å²) in [5.74, 6) is 0.419. The van der Waals surface area contributed by atoms with E-state index >= 15 is 0 Å². The predicted octanol–water partition coefficient (Wildman–Crippen LogP) is 3.37. The minimum atomic E-state index is -0.349. The number of carbonyl (C=O) groups is 3. The van der Waals surface area contributed by atoms with E-state index in [0.717, 1.165) is 24.8 Å². The zero-order valence-corrected chi connectivity index (χ0v) is 15.4. The zero-order valence-electron chi connectivity index (χ0n) is 15.4. The van der Waals surface area contributed by atoms with Gasteiger partial charge in [0.2, 0.25) is 11.8 Å². The maximum Gasteiger partial charge on any atom is 0.315 e. The number of benzene rings is 2. The summed E-state index contributed by atoms with van der Waals surface area (Å²) in [7, 11) is 0. The van der Waals surface area contributed by atoms with Crippen LogP contribution in [0, 0.1) is 23.7 Å². The van der Waals surface area contributed by atoms with Crippen LogP contribution in [0.15, 0.2) is 54.6 Å². The molecule has 2 aromatic carbocycles. The highest BCUT2D eigenvalue weighted by molar-refractivity contribution is 6.22. The van der Waals surface area contributed by atoms with Crippen molar-refractivity contribution in [1.29, 1.82) is 0 Å². The first-order chi connectivity index (χ1) is 13.6. The molecule has 4 atom stereocenters. The summed E-state index contributed by atoms with van der Waals surface area (Å²) in [5, 5.41) is 0. The van der Waals surface area contributed by atoms with Gasteiger partial charge in [0.05, 0.1) is 23.9 Å². The first kappa shape index (κ1) is 17.2. The first-order valence-electron chi connectivity index (χ1n) is 9.84. The Kier molecular flexibility index (Phi) is 4.04. The standard InChI is InChI=1S/C23H21NO4/c25-19(12-14-4-2-1-3-5-14)28-18-10-8-17(9-11-18)24-22(26)20-15-6-7-16(13-15)21(20)23(24)27/h1-5,8-11,15-16,20-21H,6-7,12-13H2/t15-,16-,20-,21+/m0/s1. The Hall–Kier alpha value is -2.95. The number of ether oxygens (including phenoxy) is 1. The van der Waals surface area contributed by atoms with Gasteiger partial charge in [0.15, 0.2) is 0 Å². The van der Waals surface area contributed by atoms with Crippen molar-refractivity contribution in [2.75, 3.05) is 4.90 Å². The Morgan fingerprint density at radius 2 is 1.50 bits per heavy atom. The maximum absolute atomic E-state index is 12.9. The zero-order chi connectivity index (χ0) is 19.3. The second kappa shape index (κ2) is 6.59. The summed E-state index contributed by atoms with van der Waals surface area (Å²) in [5.41, 5.74) is 1.45. The third kappa shape index (κ3) is 2.73. The van der Waals surface area contributed by atoms with Crippen molar-refractivity contribution in [2.45, 2.75) is 25.7 Å². The molecule has 5 heteroatoms. The summed E-state index contributed by atoms with van der Waals surface area (Å²) in [6.45, 7) is 0. The molecule has 1 aliphatic heterocycles. The lowest BCUT2D eigenvalue weighted by Crippen LogP contribution is -2.32. The van der Waals surface area contributed by atoms with E-state index in [0.29, 0.717) is 23.3 Å². The van der Waals surface area contributed by atoms with Crippen molar-refractivity contribution in [1.82, 2.24) is 0 Å². The van der Waals surface area contributed by atoms with Crippen LogP contribution >= 0.6 is 0 Å². The summed E-state index contributed by atoms with van der Waals surface area (Å²) in [6, 6.07) is 16.1. The summed E-state index contributed by atoms with van der Waals surface area (Å²) in [6.07, 6.45) is 3.35. The molecule has 5 nitrogen and oxygen atoms in total. The molecule has 1 heterocycles. The molecule has 0 N–H and O–H groups in total. The smallest absolute Gasteiger partial charge is 0.315 e. The van der Waals surface area contributed by atoms with E-state index in [4.69, 9.17) is 4.74 Å². The topological polar surface area (TPSA) is 63.7 Å². The molecule has 0 spiro atoms.